The van der Waals surface area contributed by atoms with Crippen LogP contribution in [-0.2, 0) is 6.54 Å². The average molecular weight is 481 g/mol. The lowest BCUT2D eigenvalue weighted by molar-refractivity contribution is 0.0844. The molecule has 9 nitrogen and oxygen atoms in total. The SMILES string of the molecule is O=C(NNC(=O)c1cccnc1SC(F)F)c1ccc(Cn2nnc(-c3ccccc3)n2)cc1. The van der Waals surface area contributed by atoms with Crippen LogP contribution in [-0.4, -0.2) is 42.8 Å². The quantitative estimate of drug-likeness (QED) is 0.308. The van der Waals surface area contributed by atoms with Gasteiger partial charge in [-0.05, 0) is 46.8 Å². The van der Waals surface area contributed by atoms with E-state index < -0.39 is 17.6 Å². The van der Waals surface area contributed by atoms with E-state index >= 15 is 0 Å². The van der Waals surface area contributed by atoms with Gasteiger partial charge in [0.15, 0.2) is 0 Å². The van der Waals surface area contributed by atoms with Crippen molar-refractivity contribution in [1.82, 2.24) is 36.0 Å². The van der Waals surface area contributed by atoms with Crippen LogP contribution in [0.5, 0.6) is 0 Å². The van der Waals surface area contributed by atoms with Gasteiger partial charge in [0.2, 0.25) is 5.82 Å². The van der Waals surface area contributed by atoms with Gasteiger partial charge in [0.1, 0.15) is 5.03 Å². The van der Waals surface area contributed by atoms with Crippen LogP contribution in [0.4, 0.5) is 8.78 Å². The van der Waals surface area contributed by atoms with Crippen LogP contribution in [0, 0.1) is 0 Å². The number of pyridine rings is 1. The molecule has 2 heterocycles. The Balaban J connectivity index is 1.34. The predicted octanol–water partition coefficient (Wildman–Crippen LogP) is 3.17. The van der Waals surface area contributed by atoms with Gasteiger partial charge >= 0.3 is 0 Å². The second kappa shape index (κ2) is 10.6. The first-order valence-corrected chi connectivity index (χ1v) is 10.8. The van der Waals surface area contributed by atoms with Gasteiger partial charge < -0.3 is 0 Å². The number of nitrogens with zero attached hydrogens (tertiary/aromatic N) is 5. The monoisotopic (exact) mass is 481 g/mol. The summed E-state index contributed by atoms with van der Waals surface area (Å²) in [6, 6.07) is 18.8. The van der Waals surface area contributed by atoms with Gasteiger partial charge in [0, 0.05) is 17.3 Å². The van der Waals surface area contributed by atoms with E-state index in [1.807, 2.05) is 30.3 Å². The van der Waals surface area contributed by atoms with Crippen LogP contribution < -0.4 is 10.9 Å². The molecule has 0 aliphatic heterocycles. The molecule has 4 aromatic rings. The number of hydrogen-bond donors (Lipinski definition) is 2. The number of hydrogen-bond acceptors (Lipinski definition) is 7. The minimum Gasteiger partial charge on any atom is -0.267 e. The topological polar surface area (TPSA) is 115 Å². The number of thioether (sulfide) groups is 1. The molecule has 4 rings (SSSR count). The molecule has 0 saturated heterocycles. The molecule has 2 aromatic carbocycles. The smallest absolute Gasteiger partial charge is 0.267 e. The number of carbonyl (C=O) groups excluding carboxylic acids is 2. The number of nitrogens with one attached hydrogen (secondary N) is 2. The highest BCUT2D eigenvalue weighted by Crippen LogP contribution is 2.26. The molecule has 12 heteroatoms. The highest BCUT2D eigenvalue weighted by atomic mass is 32.2. The molecular formula is C22H17F2N7O2S. The summed E-state index contributed by atoms with van der Waals surface area (Å²) in [7, 11) is 0. The first-order chi connectivity index (χ1) is 16.5. The van der Waals surface area contributed by atoms with Crippen molar-refractivity contribution >= 4 is 23.6 Å². The fourth-order valence-corrected chi connectivity index (χ4v) is 3.51. The Labute approximate surface area is 196 Å². The minimum absolute atomic E-state index is 0.0707. The van der Waals surface area contributed by atoms with E-state index in [1.54, 1.807) is 24.3 Å². The second-order valence-corrected chi connectivity index (χ2v) is 7.83. The molecule has 0 saturated carbocycles. The number of hydrazine groups is 1. The number of aromatic nitrogens is 5. The lowest BCUT2D eigenvalue weighted by atomic mass is 10.1. The number of alkyl halides is 2. The molecule has 2 amide bonds. The van der Waals surface area contributed by atoms with E-state index in [2.05, 4.69) is 31.2 Å². The van der Waals surface area contributed by atoms with Gasteiger partial charge in [-0.15, -0.1) is 10.2 Å². The largest absolute Gasteiger partial charge is 0.290 e. The molecule has 0 aliphatic carbocycles. The van der Waals surface area contributed by atoms with Crippen LogP contribution in [0.25, 0.3) is 11.4 Å². The molecule has 0 spiro atoms. The molecule has 0 aliphatic rings. The Bertz CT molecular complexity index is 1280. The Morgan fingerprint density at radius 2 is 1.68 bits per heavy atom. The summed E-state index contributed by atoms with van der Waals surface area (Å²) in [6.45, 7) is 0.351. The molecule has 0 bridgehead atoms. The molecule has 0 fully saturated rings. The van der Waals surface area contributed by atoms with E-state index in [-0.39, 0.29) is 27.9 Å². The third-order valence-corrected chi connectivity index (χ3v) is 5.26. The molecule has 0 atom stereocenters. The van der Waals surface area contributed by atoms with Crippen LogP contribution in [0.1, 0.15) is 26.3 Å². The van der Waals surface area contributed by atoms with Gasteiger partial charge in [-0.2, -0.15) is 13.6 Å². The van der Waals surface area contributed by atoms with E-state index in [0.717, 1.165) is 11.1 Å². The standard InChI is InChI=1S/C22H17F2N7O2S/c23-22(24)34-21-17(7-4-12-25-21)20(33)28-27-19(32)16-10-8-14(9-11-16)13-31-29-18(26-30-31)15-5-2-1-3-6-15/h1-12,22H,13H2,(H,27,32)(H,28,33). The number of halogens is 2. The summed E-state index contributed by atoms with van der Waals surface area (Å²) < 4.78 is 25.3. The second-order valence-electron chi connectivity index (χ2n) is 6.85. The zero-order valence-electron chi connectivity index (χ0n) is 17.4. The van der Waals surface area contributed by atoms with Crippen molar-refractivity contribution in [3.05, 3.63) is 89.6 Å². The number of tetrazole rings is 1. The van der Waals surface area contributed by atoms with Crippen molar-refractivity contribution in [2.75, 3.05) is 0 Å². The van der Waals surface area contributed by atoms with Crippen LogP contribution in [0.2, 0.25) is 0 Å². The molecule has 34 heavy (non-hydrogen) atoms. The Kier molecular flexibility index (Phi) is 7.18. The number of benzene rings is 2. The summed E-state index contributed by atoms with van der Waals surface area (Å²) in [4.78, 5) is 29.9. The van der Waals surface area contributed by atoms with Crippen molar-refractivity contribution in [2.24, 2.45) is 0 Å². The number of amides is 2. The maximum absolute atomic E-state index is 12.7. The zero-order chi connectivity index (χ0) is 23.9. The zero-order valence-corrected chi connectivity index (χ0v) is 18.2. The van der Waals surface area contributed by atoms with Crippen LogP contribution in [0.3, 0.4) is 0 Å². The fraction of sp³-hybridized carbons (Fsp3) is 0.0909. The van der Waals surface area contributed by atoms with E-state index in [9.17, 15) is 18.4 Å². The Morgan fingerprint density at radius 3 is 2.41 bits per heavy atom. The molecule has 0 unspecified atom stereocenters. The van der Waals surface area contributed by atoms with E-state index in [1.165, 1.54) is 23.1 Å². The van der Waals surface area contributed by atoms with Crippen molar-refractivity contribution < 1.29 is 18.4 Å². The van der Waals surface area contributed by atoms with Gasteiger partial charge in [-0.1, -0.05) is 42.5 Å². The van der Waals surface area contributed by atoms with Crippen molar-refractivity contribution in [1.29, 1.82) is 0 Å². The minimum atomic E-state index is -2.73. The summed E-state index contributed by atoms with van der Waals surface area (Å²) in [5.74, 6) is -3.55. The van der Waals surface area contributed by atoms with E-state index in [4.69, 9.17) is 0 Å². The Hall–Kier alpha value is -4.19. The van der Waals surface area contributed by atoms with Crippen molar-refractivity contribution in [3.8, 4) is 11.4 Å². The normalized spacial score (nSPS) is 10.8. The summed E-state index contributed by atoms with van der Waals surface area (Å²) in [5, 5.41) is 12.3. The fourth-order valence-electron chi connectivity index (χ4n) is 2.93. The lowest BCUT2D eigenvalue weighted by Crippen LogP contribution is -2.41. The molecular weight excluding hydrogens is 464 g/mol. The summed E-state index contributed by atoms with van der Waals surface area (Å²) in [6.07, 6.45) is 1.30. The predicted molar refractivity (Wildman–Crippen MR) is 120 cm³/mol. The third kappa shape index (κ3) is 5.78. The number of rotatable bonds is 7. The highest BCUT2D eigenvalue weighted by molar-refractivity contribution is 7.99. The van der Waals surface area contributed by atoms with E-state index in [0.29, 0.717) is 12.4 Å². The van der Waals surface area contributed by atoms with Crippen LogP contribution >= 0.6 is 11.8 Å². The first-order valence-electron chi connectivity index (χ1n) is 9.92. The number of carbonyl (C=O) groups is 2. The lowest BCUT2D eigenvalue weighted by Gasteiger charge is -2.10. The van der Waals surface area contributed by atoms with Gasteiger partial charge in [-0.25, -0.2) is 4.98 Å². The Morgan fingerprint density at radius 1 is 0.941 bits per heavy atom. The van der Waals surface area contributed by atoms with Gasteiger partial charge in [0.05, 0.1) is 12.1 Å². The first kappa shape index (κ1) is 23.0. The highest BCUT2D eigenvalue weighted by Gasteiger charge is 2.17. The maximum Gasteiger partial charge on any atom is 0.290 e. The summed E-state index contributed by atoms with van der Waals surface area (Å²) >= 11 is 0.152. The molecule has 172 valence electrons. The average Bonchev–Trinajstić information content (AvgIpc) is 3.32. The molecule has 2 aromatic heterocycles. The van der Waals surface area contributed by atoms with Gasteiger partial charge in [-0.3, -0.25) is 20.4 Å². The molecule has 2 N–H and O–H groups in total. The third-order valence-electron chi connectivity index (χ3n) is 4.53. The van der Waals surface area contributed by atoms with Crippen molar-refractivity contribution in [3.63, 3.8) is 0 Å². The van der Waals surface area contributed by atoms with Gasteiger partial charge in [0.25, 0.3) is 17.6 Å². The van der Waals surface area contributed by atoms with Crippen molar-refractivity contribution in [2.45, 2.75) is 17.3 Å². The molecule has 0 radical (unpaired) electrons. The van der Waals surface area contributed by atoms with Crippen LogP contribution in [0.15, 0.2) is 78.0 Å². The maximum atomic E-state index is 12.7. The summed E-state index contributed by atoms with van der Waals surface area (Å²) in [5.41, 5.74) is 6.39.